The first-order valence-corrected chi connectivity index (χ1v) is 10.3. The highest BCUT2D eigenvalue weighted by Crippen LogP contribution is 2.15. The van der Waals surface area contributed by atoms with Gasteiger partial charge in [-0.3, -0.25) is 0 Å². The van der Waals surface area contributed by atoms with Crippen LogP contribution in [-0.4, -0.2) is 14.2 Å². The van der Waals surface area contributed by atoms with Crippen molar-refractivity contribution in [2.45, 2.75) is 40.4 Å². The van der Waals surface area contributed by atoms with E-state index in [2.05, 4.69) is 51.1 Å². The second-order valence-electron chi connectivity index (χ2n) is 6.82. The van der Waals surface area contributed by atoms with Crippen LogP contribution in [0.1, 0.15) is 20.8 Å². The summed E-state index contributed by atoms with van der Waals surface area (Å²) in [6, 6.07) is 9.86. The molecule has 0 saturated carbocycles. The summed E-state index contributed by atoms with van der Waals surface area (Å²) in [4.78, 5) is 4.55. The molecule has 2 nitrogen and oxygen atoms in total. The summed E-state index contributed by atoms with van der Waals surface area (Å²) in [7, 11) is -1.69. The molecule has 108 valence electrons. The third-order valence-electron chi connectivity index (χ3n) is 2.13. The van der Waals surface area contributed by atoms with Crippen LogP contribution in [0.5, 0.6) is 0 Å². The van der Waals surface area contributed by atoms with Crippen LogP contribution in [-0.2, 0) is 4.43 Å². The Morgan fingerprint density at radius 3 is 2.25 bits per heavy atom. The average molecular weight is 287 g/mol. The Hall–Kier alpha value is -1.57. The number of hydrogen-bond acceptors (Lipinski definition) is 2. The normalized spacial score (nSPS) is 12.6. The zero-order valence-corrected chi connectivity index (χ0v) is 14.4. The molecule has 0 bridgehead atoms. The molecule has 0 saturated heterocycles. The summed E-state index contributed by atoms with van der Waals surface area (Å²) in [5.74, 6) is 0.635. The van der Waals surface area contributed by atoms with Gasteiger partial charge in [-0.25, -0.2) is 4.99 Å². The number of rotatable bonds is 3. The van der Waals surface area contributed by atoms with Gasteiger partial charge < -0.3 is 4.43 Å². The van der Waals surface area contributed by atoms with Gasteiger partial charge in [-0.05, 0) is 43.3 Å². The first-order chi connectivity index (χ1) is 9.16. The van der Waals surface area contributed by atoms with Crippen molar-refractivity contribution in [2.24, 2.45) is 10.4 Å². The van der Waals surface area contributed by atoms with Gasteiger partial charge in [0.2, 0.25) is 14.2 Å². The fourth-order valence-electron chi connectivity index (χ4n) is 1.39. The highest BCUT2D eigenvalue weighted by molar-refractivity contribution is 6.71. The predicted octanol–water partition coefficient (Wildman–Crippen LogP) is 5.33. The van der Waals surface area contributed by atoms with Crippen molar-refractivity contribution in [1.82, 2.24) is 0 Å². The molecule has 1 rings (SSSR count). The molecule has 0 spiro atoms. The van der Waals surface area contributed by atoms with E-state index in [-0.39, 0.29) is 5.41 Å². The molecule has 0 fully saturated rings. The van der Waals surface area contributed by atoms with Crippen molar-refractivity contribution < 1.29 is 4.43 Å². The molecule has 0 aromatic heterocycles. The second-order valence-corrected chi connectivity index (χ2v) is 11.3. The molecule has 0 heterocycles. The van der Waals surface area contributed by atoms with E-state index in [1.54, 1.807) is 0 Å². The zero-order chi connectivity index (χ0) is 15.2. The number of hydrogen-bond donors (Lipinski definition) is 0. The van der Waals surface area contributed by atoms with Crippen molar-refractivity contribution >= 4 is 19.9 Å². The van der Waals surface area contributed by atoms with E-state index in [0.29, 0.717) is 5.90 Å². The Balaban J connectivity index is 3.04. The largest absolute Gasteiger partial charge is 0.531 e. The smallest absolute Gasteiger partial charge is 0.244 e. The summed E-state index contributed by atoms with van der Waals surface area (Å²) in [6.07, 6.45) is 3.86. The highest BCUT2D eigenvalue weighted by Gasteiger charge is 2.17. The molecule has 20 heavy (non-hydrogen) atoms. The molecule has 3 heteroatoms. The summed E-state index contributed by atoms with van der Waals surface area (Å²) >= 11 is 0. The van der Waals surface area contributed by atoms with Crippen molar-refractivity contribution in [1.29, 1.82) is 0 Å². The summed E-state index contributed by atoms with van der Waals surface area (Å²) < 4.78 is 6.01. The molecule has 0 N–H and O–H groups in total. The molecule has 0 aliphatic rings. The van der Waals surface area contributed by atoms with Gasteiger partial charge in [0, 0.05) is 6.08 Å². The molecule has 0 aliphatic heterocycles. The lowest BCUT2D eigenvalue weighted by Crippen LogP contribution is -2.28. The minimum Gasteiger partial charge on any atom is -0.531 e. The monoisotopic (exact) mass is 287 g/mol. The molecular weight excluding hydrogens is 262 g/mol. The maximum atomic E-state index is 6.01. The Bertz CT molecular complexity index is 512. The van der Waals surface area contributed by atoms with Crippen LogP contribution in [0.4, 0.5) is 5.69 Å². The average Bonchev–Trinajstić information content (AvgIpc) is 2.26. The van der Waals surface area contributed by atoms with E-state index in [9.17, 15) is 0 Å². The van der Waals surface area contributed by atoms with E-state index in [1.807, 2.05) is 42.5 Å². The molecular formula is C17H25NOSi. The number of para-hydroxylation sites is 1. The van der Waals surface area contributed by atoms with Gasteiger partial charge in [-0.15, -0.1) is 5.73 Å². The van der Waals surface area contributed by atoms with Gasteiger partial charge >= 0.3 is 0 Å². The maximum Gasteiger partial charge on any atom is 0.244 e. The molecule has 0 atom stereocenters. The zero-order valence-electron chi connectivity index (χ0n) is 13.4. The topological polar surface area (TPSA) is 21.6 Å². The Morgan fingerprint density at radius 2 is 1.75 bits per heavy atom. The van der Waals surface area contributed by atoms with Crippen molar-refractivity contribution in [3.8, 4) is 0 Å². The van der Waals surface area contributed by atoms with Gasteiger partial charge in [0.1, 0.15) is 0 Å². The van der Waals surface area contributed by atoms with Crippen LogP contribution in [0.15, 0.2) is 53.2 Å². The van der Waals surface area contributed by atoms with Crippen molar-refractivity contribution in [3.05, 3.63) is 48.2 Å². The fourth-order valence-corrected chi connectivity index (χ4v) is 2.12. The lowest BCUT2D eigenvalue weighted by molar-refractivity contribution is 0.544. The quantitative estimate of drug-likeness (QED) is 0.319. The summed E-state index contributed by atoms with van der Waals surface area (Å²) in [5.41, 5.74) is 4.19. The van der Waals surface area contributed by atoms with E-state index in [1.165, 1.54) is 0 Å². The molecule has 1 aromatic rings. The van der Waals surface area contributed by atoms with Crippen molar-refractivity contribution in [2.75, 3.05) is 0 Å². The van der Waals surface area contributed by atoms with Crippen LogP contribution in [0.25, 0.3) is 0 Å². The predicted molar refractivity (Wildman–Crippen MR) is 90.1 cm³/mol. The third-order valence-corrected chi connectivity index (χ3v) is 2.95. The lowest BCUT2D eigenvalue weighted by atomic mass is 9.97. The highest BCUT2D eigenvalue weighted by atomic mass is 28.4. The third kappa shape index (κ3) is 7.77. The second kappa shape index (κ2) is 6.73. The van der Waals surface area contributed by atoms with Gasteiger partial charge in [-0.1, -0.05) is 39.0 Å². The Morgan fingerprint density at radius 1 is 1.15 bits per heavy atom. The number of benzene rings is 1. The van der Waals surface area contributed by atoms with Crippen LogP contribution >= 0.6 is 0 Å². The summed E-state index contributed by atoms with van der Waals surface area (Å²) in [6.45, 7) is 12.9. The standard InChI is InChI=1S/C17H25NOSi/c1-17(2,3)14-10-13-16(19-20(4,5)6)18-15-11-8-7-9-12-15/h7-9,11-14H,1-6H3. The summed E-state index contributed by atoms with van der Waals surface area (Å²) in [5, 5.41) is 0. The van der Waals surface area contributed by atoms with E-state index >= 15 is 0 Å². The molecule has 1 aromatic carbocycles. The van der Waals surface area contributed by atoms with Crippen molar-refractivity contribution in [3.63, 3.8) is 0 Å². The minimum absolute atomic E-state index is 0.105. The lowest BCUT2D eigenvalue weighted by Gasteiger charge is -2.18. The van der Waals surface area contributed by atoms with E-state index in [0.717, 1.165) is 5.69 Å². The number of nitrogens with zero attached hydrogens (tertiary/aromatic N) is 1. The SMILES string of the molecule is CC(C)(C)C=C=CC(=Nc1ccccc1)O[Si](C)(C)C. The fraction of sp³-hybridized carbons (Fsp3) is 0.412. The van der Waals surface area contributed by atoms with Gasteiger partial charge in [0.05, 0.1) is 5.69 Å². The molecule has 0 radical (unpaired) electrons. The minimum atomic E-state index is -1.69. The maximum absolute atomic E-state index is 6.01. The van der Waals surface area contributed by atoms with E-state index in [4.69, 9.17) is 4.43 Å². The Labute approximate surface area is 124 Å². The van der Waals surface area contributed by atoms with Crippen LogP contribution in [0.2, 0.25) is 19.6 Å². The first kappa shape index (κ1) is 16.5. The van der Waals surface area contributed by atoms with Crippen LogP contribution < -0.4 is 0 Å². The molecule has 0 unspecified atom stereocenters. The van der Waals surface area contributed by atoms with E-state index < -0.39 is 8.32 Å². The molecule has 0 aliphatic carbocycles. The molecule has 0 amide bonds. The Kier molecular flexibility index (Phi) is 5.55. The van der Waals surface area contributed by atoms with Crippen LogP contribution in [0.3, 0.4) is 0 Å². The van der Waals surface area contributed by atoms with Crippen LogP contribution in [0, 0.1) is 5.41 Å². The van der Waals surface area contributed by atoms with Gasteiger partial charge in [0.25, 0.3) is 0 Å². The number of aliphatic imine (C=N–C) groups is 1. The first-order valence-electron chi connectivity index (χ1n) is 6.92. The van der Waals surface area contributed by atoms with Gasteiger partial charge in [0.15, 0.2) is 0 Å². The van der Waals surface area contributed by atoms with Gasteiger partial charge in [-0.2, -0.15) is 0 Å².